The van der Waals surface area contributed by atoms with Gasteiger partial charge in [-0.15, -0.1) is 0 Å². The van der Waals surface area contributed by atoms with E-state index in [0.29, 0.717) is 6.42 Å². The summed E-state index contributed by atoms with van der Waals surface area (Å²) < 4.78 is 12.9. The molecule has 0 saturated carbocycles. The topological polar surface area (TPSA) is 78.4 Å². The molecule has 104 valence electrons. The van der Waals surface area contributed by atoms with Gasteiger partial charge >= 0.3 is 12.0 Å². The second-order valence-corrected chi connectivity index (χ2v) is 4.31. The minimum Gasteiger partial charge on any atom is -0.480 e. The molecule has 0 spiro atoms. The molecule has 0 bridgehead atoms. The van der Waals surface area contributed by atoms with E-state index in [1.165, 1.54) is 18.2 Å². The number of anilines is 1. The van der Waals surface area contributed by atoms with Gasteiger partial charge in [0, 0.05) is 5.69 Å². The van der Waals surface area contributed by atoms with E-state index in [-0.39, 0.29) is 11.6 Å². The van der Waals surface area contributed by atoms with E-state index >= 15 is 0 Å². The van der Waals surface area contributed by atoms with E-state index in [9.17, 15) is 14.0 Å². The largest absolute Gasteiger partial charge is 0.480 e. The molecule has 0 unspecified atom stereocenters. The van der Waals surface area contributed by atoms with E-state index in [1.54, 1.807) is 6.92 Å². The van der Waals surface area contributed by atoms with Gasteiger partial charge in [-0.1, -0.05) is 26.3 Å². The van der Waals surface area contributed by atoms with Crippen LogP contribution in [0.15, 0.2) is 24.3 Å². The van der Waals surface area contributed by atoms with Crippen LogP contribution >= 0.6 is 0 Å². The van der Waals surface area contributed by atoms with Crippen LogP contribution in [0, 0.1) is 11.7 Å². The zero-order chi connectivity index (χ0) is 14.4. The van der Waals surface area contributed by atoms with Crippen molar-refractivity contribution in [3.63, 3.8) is 0 Å². The Bertz CT molecular complexity index is 465. The van der Waals surface area contributed by atoms with Crippen molar-refractivity contribution in [2.24, 2.45) is 5.92 Å². The molecule has 1 aromatic carbocycles. The molecule has 0 fully saturated rings. The molecule has 0 aromatic heterocycles. The van der Waals surface area contributed by atoms with E-state index < -0.39 is 23.9 Å². The van der Waals surface area contributed by atoms with Gasteiger partial charge in [0.2, 0.25) is 0 Å². The molecular formula is C13H17FN2O3. The molecule has 5 nitrogen and oxygen atoms in total. The molecule has 0 radical (unpaired) electrons. The third-order valence-corrected chi connectivity index (χ3v) is 2.85. The summed E-state index contributed by atoms with van der Waals surface area (Å²) in [5, 5.41) is 13.8. The summed E-state index contributed by atoms with van der Waals surface area (Å²) in [6.07, 6.45) is 0.622. The van der Waals surface area contributed by atoms with Crippen molar-refractivity contribution in [3.8, 4) is 0 Å². The van der Waals surface area contributed by atoms with Crippen molar-refractivity contribution in [1.29, 1.82) is 0 Å². The fraction of sp³-hybridized carbons (Fsp3) is 0.385. The average Bonchev–Trinajstić information content (AvgIpc) is 2.34. The lowest BCUT2D eigenvalue weighted by molar-refractivity contribution is -0.140. The Morgan fingerprint density at radius 1 is 1.42 bits per heavy atom. The number of hydrogen-bond acceptors (Lipinski definition) is 2. The highest BCUT2D eigenvalue weighted by Crippen LogP contribution is 2.11. The fourth-order valence-electron chi connectivity index (χ4n) is 1.56. The molecule has 6 heteroatoms. The van der Waals surface area contributed by atoms with Crippen molar-refractivity contribution >= 4 is 17.7 Å². The van der Waals surface area contributed by atoms with Crippen LogP contribution in [-0.2, 0) is 4.79 Å². The molecule has 1 rings (SSSR count). The van der Waals surface area contributed by atoms with Gasteiger partial charge in [-0.25, -0.2) is 14.0 Å². The Balaban J connectivity index is 2.65. The normalized spacial score (nSPS) is 13.4. The van der Waals surface area contributed by atoms with Gasteiger partial charge in [-0.3, -0.25) is 0 Å². The van der Waals surface area contributed by atoms with Gasteiger partial charge in [-0.05, 0) is 24.1 Å². The maximum atomic E-state index is 12.9. The highest BCUT2D eigenvalue weighted by Gasteiger charge is 2.25. The third-order valence-electron chi connectivity index (χ3n) is 2.85. The smallest absolute Gasteiger partial charge is 0.326 e. The van der Waals surface area contributed by atoms with Crippen molar-refractivity contribution in [2.45, 2.75) is 26.3 Å². The van der Waals surface area contributed by atoms with E-state index in [1.807, 2.05) is 6.92 Å². The number of hydrogen-bond donors (Lipinski definition) is 3. The molecule has 2 atom stereocenters. The summed E-state index contributed by atoms with van der Waals surface area (Å²) in [6.45, 7) is 3.58. The highest BCUT2D eigenvalue weighted by molar-refractivity contribution is 5.92. The number of urea groups is 1. The Morgan fingerprint density at radius 2 is 2.11 bits per heavy atom. The van der Waals surface area contributed by atoms with Gasteiger partial charge in [0.1, 0.15) is 11.9 Å². The average molecular weight is 268 g/mol. The van der Waals surface area contributed by atoms with Crippen molar-refractivity contribution < 1.29 is 19.1 Å². The molecule has 3 N–H and O–H groups in total. The molecule has 0 aliphatic carbocycles. The van der Waals surface area contributed by atoms with Gasteiger partial charge in [0.25, 0.3) is 0 Å². The Hall–Kier alpha value is -2.11. The molecule has 19 heavy (non-hydrogen) atoms. The maximum absolute atomic E-state index is 12.9. The van der Waals surface area contributed by atoms with Crippen LogP contribution in [0.5, 0.6) is 0 Å². The predicted octanol–water partition coefficient (Wildman–Crippen LogP) is 2.45. The first-order valence-corrected chi connectivity index (χ1v) is 6.00. The predicted molar refractivity (Wildman–Crippen MR) is 69.4 cm³/mol. The van der Waals surface area contributed by atoms with Crippen LogP contribution in [0.25, 0.3) is 0 Å². The number of amides is 2. The molecule has 1 aromatic rings. The summed E-state index contributed by atoms with van der Waals surface area (Å²) in [6, 6.07) is 3.73. The van der Waals surface area contributed by atoms with E-state index in [2.05, 4.69) is 10.6 Å². The highest BCUT2D eigenvalue weighted by atomic mass is 19.1. The quantitative estimate of drug-likeness (QED) is 0.767. The Morgan fingerprint density at radius 3 is 2.63 bits per heavy atom. The van der Waals surface area contributed by atoms with E-state index in [0.717, 1.165) is 6.07 Å². The third kappa shape index (κ3) is 4.57. The minimum atomic E-state index is -1.09. The lowest BCUT2D eigenvalue weighted by Gasteiger charge is -2.20. The van der Waals surface area contributed by atoms with Crippen molar-refractivity contribution in [2.75, 3.05) is 5.32 Å². The van der Waals surface area contributed by atoms with E-state index in [4.69, 9.17) is 5.11 Å². The summed E-state index contributed by atoms with van der Waals surface area (Å²) in [7, 11) is 0. The summed E-state index contributed by atoms with van der Waals surface area (Å²) in [5.41, 5.74) is 0.269. The van der Waals surface area contributed by atoms with Crippen molar-refractivity contribution in [3.05, 3.63) is 30.1 Å². The lowest BCUT2D eigenvalue weighted by Crippen LogP contribution is -2.46. The first-order chi connectivity index (χ1) is 8.93. The van der Waals surface area contributed by atoms with Crippen LogP contribution in [0.4, 0.5) is 14.9 Å². The standard InChI is InChI=1S/C13H17FN2O3/c1-3-8(2)11(12(17)18)16-13(19)15-10-6-4-5-9(14)7-10/h4-8,11H,3H2,1-2H3,(H,17,18)(H2,15,16,19)/t8-,11-/m0/s1. The first-order valence-electron chi connectivity index (χ1n) is 6.00. The fourth-order valence-corrected chi connectivity index (χ4v) is 1.56. The molecule has 0 aliphatic rings. The number of halogens is 1. The summed E-state index contributed by atoms with van der Waals surface area (Å²) in [4.78, 5) is 22.7. The van der Waals surface area contributed by atoms with Crippen LogP contribution < -0.4 is 10.6 Å². The number of rotatable bonds is 5. The second-order valence-electron chi connectivity index (χ2n) is 4.31. The number of carboxylic acid groups (broad SMARTS) is 1. The SMILES string of the molecule is CC[C@H](C)[C@H](NC(=O)Nc1cccc(F)c1)C(=O)O. The number of benzene rings is 1. The maximum Gasteiger partial charge on any atom is 0.326 e. The lowest BCUT2D eigenvalue weighted by atomic mass is 9.99. The van der Waals surface area contributed by atoms with Crippen LogP contribution in [0.3, 0.4) is 0 Å². The molecule has 0 heterocycles. The summed E-state index contributed by atoms with van der Waals surface area (Å²) >= 11 is 0. The van der Waals surface area contributed by atoms with Gasteiger partial charge < -0.3 is 15.7 Å². The molecule has 0 aliphatic heterocycles. The monoisotopic (exact) mass is 268 g/mol. The summed E-state index contributed by atoms with van der Waals surface area (Å²) in [5.74, 6) is -1.77. The Kier molecular flexibility index (Phi) is 5.29. The number of aliphatic carboxylic acids is 1. The second kappa shape index (κ2) is 6.72. The van der Waals surface area contributed by atoms with Gasteiger partial charge in [0.05, 0.1) is 0 Å². The van der Waals surface area contributed by atoms with Crippen molar-refractivity contribution in [1.82, 2.24) is 5.32 Å². The zero-order valence-electron chi connectivity index (χ0n) is 10.8. The molecule has 0 saturated heterocycles. The van der Waals surface area contributed by atoms with Crippen LogP contribution in [0.2, 0.25) is 0 Å². The zero-order valence-corrected chi connectivity index (χ0v) is 10.8. The van der Waals surface area contributed by atoms with Gasteiger partial charge in [-0.2, -0.15) is 0 Å². The Labute approximate surface area is 110 Å². The van der Waals surface area contributed by atoms with Crippen LogP contribution in [0.1, 0.15) is 20.3 Å². The van der Waals surface area contributed by atoms with Gasteiger partial charge in [0.15, 0.2) is 0 Å². The number of carbonyl (C=O) groups is 2. The number of carbonyl (C=O) groups excluding carboxylic acids is 1. The molecule has 2 amide bonds. The number of carboxylic acids is 1. The van der Waals surface area contributed by atoms with Crippen LogP contribution in [-0.4, -0.2) is 23.1 Å². The first kappa shape index (κ1) is 14.9. The molecular weight excluding hydrogens is 251 g/mol. The minimum absolute atomic E-state index is 0.198. The number of nitrogens with one attached hydrogen (secondary N) is 2.